The Labute approximate surface area is 196 Å². The minimum absolute atomic E-state index is 0.0524. The first-order chi connectivity index (χ1) is 15.9. The van der Waals surface area contributed by atoms with E-state index in [9.17, 15) is 30.7 Å². The summed E-state index contributed by atoms with van der Waals surface area (Å²) in [6.45, 7) is 1.98. The van der Waals surface area contributed by atoms with Gasteiger partial charge in [-0.3, -0.25) is 13.9 Å². The first-order valence-corrected chi connectivity index (χ1v) is 12.8. The molecule has 0 saturated heterocycles. The molecule has 0 atom stereocenters. The van der Waals surface area contributed by atoms with Crippen LogP contribution in [0.25, 0.3) is 21.9 Å². The molecule has 0 aromatic heterocycles. The average molecular weight is 498 g/mol. The lowest BCUT2D eigenvalue weighted by Gasteiger charge is -2.14. The van der Waals surface area contributed by atoms with E-state index in [1.54, 1.807) is 24.3 Å². The number of carbonyl (C=O) groups excluding carboxylic acids is 1. The Morgan fingerprint density at radius 3 is 2.00 bits per heavy atom. The van der Waals surface area contributed by atoms with Crippen LogP contribution < -0.4 is 5.32 Å². The molecule has 0 bridgehead atoms. The van der Waals surface area contributed by atoms with E-state index in [0.29, 0.717) is 0 Å². The zero-order valence-corrected chi connectivity index (χ0v) is 19.4. The largest absolute Gasteiger partial charge is 0.321 e. The van der Waals surface area contributed by atoms with E-state index >= 15 is 0 Å². The molecule has 10 heteroatoms. The molecule has 0 aliphatic carbocycles. The van der Waals surface area contributed by atoms with Gasteiger partial charge in [0.15, 0.2) is 0 Å². The summed E-state index contributed by atoms with van der Waals surface area (Å²) in [5, 5.41) is 2.15. The molecule has 0 spiro atoms. The lowest BCUT2D eigenvalue weighted by Crippen LogP contribution is -2.13. The van der Waals surface area contributed by atoms with E-state index in [4.69, 9.17) is 0 Å². The van der Waals surface area contributed by atoms with Crippen molar-refractivity contribution < 1.29 is 30.7 Å². The summed E-state index contributed by atoms with van der Waals surface area (Å²) < 4.78 is 66.7. The maximum atomic E-state index is 12.9. The van der Waals surface area contributed by atoms with Crippen molar-refractivity contribution in [3.8, 4) is 11.1 Å². The zero-order chi connectivity index (χ0) is 24.7. The van der Waals surface area contributed by atoms with Crippen LogP contribution in [0.4, 0.5) is 5.69 Å². The highest BCUT2D eigenvalue weighted by atomic mass is 32.2. The third-order valence-corrected chi connectivity index (χ3v) is 7.07. The molecular weight excluding hydrogens is 478 g/mol. The second kappa shape index (κ2) is 8.65. The number of fused-ring (bicyclic) bond motifs is 1. The highest BCUT2D eigenvalue weighted by molar-refractivity contribution is 7.86. The Morgan fingerprint density at radius 1 is 0.735 bits per heavy atom. The van der Waals surface area contributed by atoms with Crippen LogP contribution in [-0.2, 0) is 20.2 Å². The fraction of sp³-hybridized carbons (Fsp3) is 0.0417. The molecule has 1 amide bonds. The molecule has 4 aromatic rings. The molecular formula is C24H19NO7S2. The first-order valence-electron chi connectivity index (χ1n) is 9.94. The molecule has 174 valence electrons. The van der Waals surface area contributed by atoms with Crippen LogP contribution in [0.3, 0.4) is 0 Å². The molecule has 0 aliphatic rings. The Morgan fingerprint density at radius 2 is 1.38 bits per heavy atom. The van der Waals surface area contributed by atoms with E-state index < -0.39 is 35.9 Å². The van der Waals surface area contributed by atoms with Gasteiger partial charge in [0.05, 0.1) is 5.69 Å². The summed E-state index contributed by atoms with van der Waals surface area (Å²) in [7, 11) is -9.49. The third kappa shape index (κ3) is 4.70. The summed E-state index contributed by atoms with van der Waals surface area (Å²) in [5.74, 6) is -0.582. The van der Waals surface area contributed by atoms with E-state index in [1.807, 2.05) is 31.2 Å². The Kier molecular flexibility index (Phi) is 6.00. The van der Waals surface area contributed by atoms with Crippen molar-refractivity contribution in [3.63, 3.8) is 0 Å². The Balaban J connectivity index is 1.77. The van der Waals surface area contributed by atoms with Gasteiger partial charge < -0.3 is 5.32 Å². The molecule has 0 saturated carbocycles. The van der Waals surface area contributed by atoms with Gasteiger partial charge >= 0.3 is 0 Å². The van der Waals surface area contributed by atoms with Crippen molar-refractivity contribution in [2.45, 2.75) is 16.7 Å². The minimum Gasteiger partial charge on any atom is -0.321 e. The van der Waals surface area contributed by atoms with E-state index in [2.05, 4.69) is 5.32 Å². The molecule has 0 fully saturated rings. The van der Waals surface area contributed by atoms with Gasteiger partial charge in [-0.15, -0.1) is 0 Å². The number of aryl methyl sites for hydroxylation is 1. The molecule has 34 heavy (non-hydrogen) atoms. The summed E-state index contributed by atoms with van der Waals surface area (Å²) in [5.41, 5.74) is 3.19. The standard InChI is InChI=1S/C24H19NO7S2/c1-15-4-2-5-18(14-15)16-8-10-17(11-9-16)24(26)25-20-12-13-21(33(27,28)29)19-6-3-7-22(23(19)20)34(30,31)32/h2-14H,1H3,(H,25,26)(H,27,28,29)(H,30,31,32). The molecule has 3 N–H and O–H groups in total. The van der Waals surface area contributed by atoms with Gasteiger partial charge in [-0.05, 0) is 48.4 Å². The maximum absolute atomic E-state index is 12.9. The predicted molar refractivity (Wildman–Crippen MR) is 128 cm³/mol. The predicted octanol–water partition coefficient (Wildman–Crippen LogP) is 4.56. The number of hydrogen-bond donors (Lipinski definition) is 3. The lowest BCUT2D eigenvalue weighted by molar-refractivity contribution is 0.102. The van der Waals surface area contributed by atoms with Crippen molar-refractivity contribution in [2.24, 2.45) is 0 Å². The lowest BCUT2D eigenvalue weighted by atomic mass is 10.0. The van der Waals surface area contributed by atoms with Crippen molar-refractivity contribution in [1.29, 1.82) is 0 Å². The SMILES string of the molecule is Cc1cccc(-c2ccc(C(=O)Nc3ccc(S(=O)(=O)O)c4cccc(S(=O)(=O)O)c34)cc2)c1. The number of hydrogen-bond acceptors (Lipinski definition) is 5. The monoisotopic (exact) mass is 497 g/mol. The number of nitrogens with one attached hydrogen (secondary N) is 1. The molecule has 4 aromatic carbocycles. The minimum atomic E-state index is -4.78. The van der Waals surface area contributed by atoms with Crippen molar-refractivity contribution in [2.75, 3.05) is 5.32 Å². The maximum Gasteiger partial charge on any atom is 0.295 e. The molecule has 0 radical (unpaired) electrons. The first kappa shape index (κ1) is 23.6. The zero-order valence-electron chi connectivity index (χ0n) is 17.8. The number of benzene rings is 4. The van der Waals surface area contributed by atoms with Gasteiger partial charge in [0.25, 0.3) is 26.1 Å². The van der Waals surface area contributed by atoms with Gasteiger partial charge in [0.1, 0.15) is 9.79 Å². The summed E-state index contributed by atoms with van der Waals surface area (Å²) >= 11 is 0. The molecule has 4 rings (SSSR count). The topological polar surface area (TPSA) is 138 Å². The highest BCUT2D eigenvalue weighted by Gasteiger charge is 2.23. The number of carbonyl (C=O) groups is 1. The fourth-order valence-electron chi connectivity index (χ4n) is 3.72. The quantitative estimate of drug-likeness (QED) is 0.344. The second-order valence-corrected chi connectivity index (χ2v) is 10.4. The van der Waals surface area contributed by atoms with Crippen LogP contribution in [-0.4, -0.2) is 31.8 Å². The third-order valence-electron chi connectivity index (χ3n) is 5.26. The van der Waals surface area contributed by atoms with Gasteiger partial charge in [0.2, 0.25) is 0 Å². The van der Waals surface area contributed by atoms with Crippen LogP contribution in [0.5, 0.6) is 0 Å². The van der Waals surface area contributed by atoms with Crippen molar-refractivity contribution >= 4 is 42.6 Å². The molecule has 0 unspecified atom stereocenters. The molecule has 0 heterocycles. The highest BCUT2D eigenvalue weighted by Crippen LogP contribution is 2.34. The Hall–Kier alpha value is -3.57. The van der Waals surface area contributed by atoms with Crippen LogP contribution in [0, 0.1) is 6.92 Å². The molecule has 8 nitrogen and oxygen atoms in total. The fourth-order valence-corrected chi connectivity index (χ4v) is 5.14. The van der Waals surface area contributed by atoms with Crippen molar-refractivity contribution in [3.05, 3.63) is 90.0 Å². The summed E-state index contributed by atoms with van der Waals surface area (Å²) in [6, 6.07) is 20.4. The normalized spacial score (nSPS) is 12.0. The summed E-state index contributed by atoms with van der Waals surface area (Å²) in [4.78, 5) is 11.7. The number of anilines is 1. The van der Waals surface area contributed by atoms with E-state index in [0.717, 1.165) is 34.9 Å². The van der Waals surface area contributed by atoms with Gasteiger partial charge in [-0.1, -0.05) is 54.1 Å². The van der Waals surface area contributed by atoms with Gasteiger partial charge in [-0.25, -0.2) is 0 Å². The Bertz CT molecular complexity index is 1640. The smallest absolute Gasteiger partial charge is 0.295 e. The van der Waals surface area contributed by atoms with E-state index in [-0.39, 0.29) is 22.0 Å². The number of rotatable bonds is 5. The van der Waals surface area contributed by atoms with Gasteiger partial charge in [-0.2, -0.15) is 16.8 Å². The summed E-state index contributed by atoms with van der Waals surface area (Å²) in [6.07, 6.45) is 0. The van der Waals surface area contributed by atoms with Crippen LogP contribution in [0.15, 0.2) is 88.7 Å². The van der Waals surface area contributed by atoms with Crippen LogP contribution in [0.1, 0.15) is 15.9 Å². The van der Waals surface area contributed by atoms with Gasteiger partial charge in [0, 0.05) is 16.3 Å². The van der Waals surface area contributed by atoms with Crippen LogP contribution in [0.2, 0.25) is 0 Å². The number of amides is 1. The van der Waals surface area contributed by atoms with Crippen LogP contribution >= 0.6 is 0 Å². The molecule has 0 aliphatic heterocycles. The van der Waals surface area contributed by atoms with Crippen molar-refractivity contribution in [1.82, 2.24) is 0 Å². The second-order valence-electron chi connectivity index (χ2n) is 7.64. The average Bonchev–Trinajstić information content (AvgIpc) is 2.77. The van der Waals surface area contributed by atoms with E-state index in [1.165, 1.54) is 12.1 Å².